The van der Waals surface area contributed by atoms with E-state index in [1.807, 2.05) is 0 Å². The standard InChI is InChI=1S/C16H16ClN3O3S/c17-14-5-3-13(4-6-14)16(21)19-8-10-20(11-9-19)24(22,23)15-2-1-7-18-12-15/h1-7,12H,8-11H2. The Bertz CT molecular complexity index is 817. The molecular weight excluding hydrogens is 350 g/mol. The number of aromatic nitrogens is 1. The van der Waals surface area contributed by atoms with Crippen molar-refractivity contribution in [2.75, 3.05) is 26.2 Å². The molecule has 0 unspecified atom stereocenters. The van der Waals surface area contributed by atoms with Crippen LogP contribution in [0.4, 0.5) is 0 Å². The summed E-state index contributed by atoms with van der Waals surface area (Å²) in [6, 6.07) is 9.78. The Morgan fingerprint density at radius 2 is 1.71 bits per heavy atom. The number of sulfonamides is 1. The molecule has 3 rings (SSSR count). The van der Waals surface area contributed by atoms with Crippen molar-refractivity contribution in [1.82, 2.24) is 14.2 Å². The van der Waals surface area contributed by atoms with Crippen molar-refractivity contribution >= 4 is 27.5 Å². The predicted molar refractivity (Wildman–Crippen MR) is 90.4 cm³/mol. The van der Waals surface area contributed by atoms with Gasteiger partial charge in [-0.05, 0) is 36.4 Å². The summed E-state index contributed by atoms with van der Waals surface area (Å²) in [5, 5.41) is 0.568. The third kappa shape index (κ3) is 3.43. The lowest BCUT2D eigenvalue weighted by Crippen LogP contribution is -2.50. The van der Waals surface area contributed by atoms with Gasteiger partial charge in [0.05, 0.1) is 0 Å². The average Bonchev–Trinajstić information content (AvgIpc) is 2.62. The van der Waals surface area contributed by atoms with Gasteiger partial charge in [-0.1, -0.05) is 11.6 Å². The van der Waals surface area contributed by atoms with Crippen LogP contribution >= 0.6 is 11.6 Å². The summed E-state index contributed by atoms with van der Waals surface area (Å²) in [6.45, 7) is 1.22. The second-order valence-corrected chi connectivity index (χ2v) is 7.77. The minimum atomic E-state index is -3.57. The first-order chi connectivity index (χ1) is 11.5. The molecule has 1 fully saturated rings. The van der Waals surface area contributed by atoms with Gasteiger partial charge in [0.15, 0.2) is 0 Å². The first-order valence-electron chi connectivity index (χ1n) is 7.43. The van der Waals surface area contributed by atoms with Gasteiger partial charge in [-0.3, -0.25) is 9.78 Å². The van der Waals surface area contributed by atoms with Gasteiger partial charge in [0.1, 0.15) is 4.90 Å². The van der Waals surface area contributed by atoms with Crippen molar-refractivity contribution in [3.8, 4) is 0 Å². The van der Waals surface area contributed by atoms with E-state index in [-0.39, 0.29) is 23.9 Å². The predicted octanol–water partition coefficient (Wildman–Crippen LogP) is 1.88. The minimum absolute atomic E-state index is 0.120. The number of rotatable bonds is 3. The quantitative estimate of drug-likeness (QED) is 0.832. The Labute approximate surface area is 145 Å². The molecule has 1 saturated heterocycles. The van der Waals surface area contributed by atoms with Gasteiger partial charge < -0.3 is 4.90 Å². The number of amides is 1. The Hall–Kier alpha value is -1.96. The molecule has 1 aliphatic rings. The zero-order chi connectivity index (χ0) is 17.2. The van der Waals surface area contributed by atoms with Crippen LogP contribution in [0.3, 0.4) is 0 Å². The molecule has 0 radical (unpaired) electrons. The first kappa shape index (κ1) is 16.9. The second kappa shape index (κ2) is 6.88. The first-order valence-corrected chi connectivity index (χ1v) is 9.25. The summed E-state index contributed by atoms with van der Waals surface area (Å²) in [5.74, 6) is -0.120. The molecule has 0 saturated carbocycles. The molecule has 0 N–H and O–H groups in total. The van der Waals surface area contributed by atoms with E-state index >= 15 is 0 Å². The smallest absolute Gasteiger partial charge is 0.253 e. The Kier molecular flexibility index (Phi) is 4.84. The Morgan fingerprint density at radius 3 is 2.29 bits per heavy atom. The van der Waals surface area contributed by atoms with Crippen LogP contribution in [0.25, 0.3) is 0 Å². The summed E-state index contributed by atoms with van der Waals surface area (Å²) in [4.78, 5) is 18.1. The van der Waals surface area contributed by atoms with E-state index in [1.165, 1.54) is 22.8 Å². The van der Waals surface area contributed by atoms with Crippen molar-refractivity contribution < 1.29 is 13.2 Å². The van der Waals surface area contributed by atoms with Gasteiger partial charge >= 0.3 is 0 Å². The SMILES string of the molecule is O=C(c1ccc(Cl)cc1)N1CCN(S(=O)(=O)c2cccnc2)CC1. The van der Waals surface area contributed by atoms with Crippen LogP contribution < -0.4 is 0 Å². The second-order valence-electron chi connectivity index (χ2n) is 5.39. The maximum Gasteiger partial charge on any atom is 0.253 e. The maximum absolute atomic E-state index is 12.5. The van der Waals surface area contributed by atoms with Crippen molar-refractivity contribution in [3.63, 3.8) is 0 Å². The largest absolute Gasteiger partial charge is 0.336 e. The molecule has 1 amide bonds. The number of carbonyl (C=O) groups is 1. The molecular formula is C16H16ClN3O3S. The van der Waals surface area contributed by atoms with E-state index in [4.69, 9.17) is 11.6 Å². The molecule has 2 heterocycles. The zero-order valence-corrected chi connectivity index (χ0v) is 14.4. The van der Waals surface area contributed by atoms with Crippen molar-refractivity contribution in [2.45, 2.75) is 4.90 Å². The molecule has 1 aromatic heterocycles. The molecule has 0 spiro atoms. The Balaban J connectivity index is 1.67. The molecule has 6 nitrogen and oxygen atoms in total. The normalized spacial score (nSPS) is 16.1. The van der Waals surface area contributed by atoms with Gasteiger partial charge in [-0.15, -0.1) is 0 Å². The number of pyridine rings is 1. The molecule has 0 bridgehead atoms. The van der Waals surface area contributed by atoms with Gasteiger partial charge in [0.2, 0.25) is 10.0 Å². The highest BCUT2D eigenvalue weighted by Crippen LogP contribution is 2.18. The maximum atomic E-state index is 12.5. The number of piperazine rings is 1. The lowest BCUT2D eigenvalue weighted by molar-refractivity contribution is 0.0698. The van der Waals surface area contributed by atoms with E-state index < -0.39 is 10.0 Å². The molecule has 0 aliphatic carbocycles. The van der Waals surface area contributed by atoms with Crippen LogP contribution in [0, 0.1) is 0 Å². The highest BCUT2D eigenvalue weighted by molar-refractivity contribution is 7.89. The highest BCUT2D eigenvalue weighted by Gasteiger charge is 2.30. The molecule has 1 aromatic carbocycles. The lowest BCUT2D eigenvalue weighted by Gasteiger charge is -2.34. The van der Waals surface area contributed by atoms with Gasteiger partial charge in [0.25, 0.3) is 5.91 Å². The summed E-state index contributed by atoms with van der Waals surface area (Å²) in [5.41, 5.74) is 0.544. The fourth-order valence-corrected chi connectivity index (χ4v) is 4.07. The van der Waals surface area contributed by atoms with Gasteiger partial charge in [0, 0.05) is 49.2 Å². The van der Waals surface area contributed by atoms with Gasteiger partial charge in [-0.2, -0.15) is 4.31 Å². The lowest BCUT2D eigenvalue weighted by atomic mass is 10.2. The number of halogens is 1. The van der Waals surface area contributed by atoms with Crippen molar-refractivity contribution in [2.24, 2.45) is 0 Å². The monoisotopic (exact) mass is 365 g/mol. The zero-order valence-electron chi connectivity index (χ0n) is 12.8. The third-order valence-corrected chi connectivity index (χ3v) is 6.02. The van der Waals surface area contributed by atoms with E-state index in [1.54, 1.807) is 35.2 Å². The fourth-order valence-electron chi connectivity index (χ4n) is 2.56. The summed E-state index contributed by atoms with van der Waals surface area (Å²) in [6.07, 6.45) is 2.86. The van der Waals surface area contributed by atoms with Crippen LogP contribution in [-0.2, 0) is 10.0 Å². The van der Waals surface area contributed by atoms with E-state index in [0.29, 0.717) is 23.7 Å². The van der Waals surface area contributed by atoms with Crippen LogP contribution in [-0.4, -0.2) is 54.7 Å². The molecule has 126 valence electrons. The molecule has 2 aromatic rings. The molecule has 0 atom stereocenters. The number of nitrogens with zero attached hydrogens (tertiary/aromatic N) is 3. The van der Waals surface area contributed by atoms with Crippen molar-refractivity contribution in [3.05, 3.63) is 59.4 Å². The highest BCUT2D eigenvalue weighted by atomic mass is 35.5. The van der Waals surface area contributed by atoms with Gasteiger partial charge in [-0.25, -0.2) is 8.42 Å². The molecule has 8 heteroatoms. The Morgan fingerprint density at radius 1 is 1.04 bits per heavy atom. The molecule has 1 aliphatic heterocycles. The number of hydrogen-bond donors (Lipinski definition) is 0. The number of benzene rings is 1. The fraction of sp³-hybridized carbons (Fsp3) is 0.250. The summed E-state index contributed by atoms with van der Waals surface area (Å²) < 4.78 is 26.5. The van der Waals surface area contributed by atoms with E-state index in [9.17, 15) is 13.2 Å². The van der Waals surface area contributed by atoms with E-state index in [0.717, 1.165) is 0 Å². The van der Waals surface area contributed by atoms with Crippen LogP contribution in [0.1, 0.15) is 10.4 Å². The van der Waals surface area contributed by atoms with Crippen molar-refractivity contribution in [1.29, 1.82) is 0 Å². The van der Waals surface area contributed by atoms with E-state index in [2.05, 4.69) is 4.98 Å². The van der Waals surface area contributed by atoms with Crippen LogP contribution in [0.15, 0.2) is 53.7 Å². The van der Waals surface area contributed by atoms with Crippen LogP contribution in [0.2, 0.25) is 5.02 Å². The number of hydrogen-bond acceptors (Lipinski definition) is 4. The number of carbonyl (C=O) groups excluding carboxylic acids is 1. The summed E-state index contributed by atoms with van der Waals surface area (Å²) >= 11 is 5.83. The summed E-state index contributed by atoms with van der Waals surface area (Å²) in [7, 11) is -3.57. The minimum Gasteiger partial charge on any atom is -0.336 e. The molecule has 24 heavy (non-hydrogen) atoms. The third-order valence-electron chi connectivity index (χ3n) is 3.89. The topological polar surface area (TPSA) is 70.6 Å². The van der Waals surface area contributed by atoms with Crippen LogP contribution in [0.5, 0.6) is 0 Å². The average molecular weight is 366 g/mol.